The molecule has 0 aliphatic carbocycles. The molecule has 0 bridgehead atoms. The molecule has 1 aromatic heterocycles. The topological polar surface area (TPSA) is 90.8 Å². The van der Waals surface area contributed by atoms with Crippen molar-refractivity contribution in [2.24, 2.45) is 5.92 Å². The number of aryl methyl sites for hydroxylation is 1. The summed E-state index contributed by atoms with van der Waals surface area (Å²) in [4.78, 5) is 20.1. The number of carboxylic acid groups (broad SMARTS) is 1. The molecule has 1 aliphatic rings. The molecule has 2 heterocycles. The Hall–Kier alpha value is -2.25. The van der Waals surface area contributed by atoms with E-state index in [-0.39, 0.29) is 5.92 Å². The standard InChI is InChI=1S/C20H26N2O5/c1-3-17-21-16-10-5-4-9-15(16)18(22-17)25-11-7-6-8-14-12-26-20(2,19(23)24)27-13-14/h4-5,9-10,14H,3,6-8,11-13H2,1-2H3,(H,23,24). The first kappa shape index (κ1) is 19.5. The number of aliphatic carboxylic acids is 1. The number of unbranched alkanes of at least 4 members (excludes halogenated alkanes) is 1. The molecule has 7 nitrogen and oxygen atoms in total. The summed E-state index contributed by atoms with van der Waals surface area (Å²) < 4.78 is 16.7. The first-order valence-electron chi connectivity index (χ1n) is 9.41. The van der Waals surface area contributed by atoms with Crippen LogP contribution in [0, 0.1) is 5.92 Å². The third kappa shape index (κ3) is 4.73. The minimum atomic E-state index is -1.51. The number of benzene rings is 1. The molecule has 3 rings (SSSR count). The second-order valence-electron chi connectivity index (χ2n) is 6.90. The first-order valence-corrected chi connectivity index (χ1v) is 9.41. The van der Waals surface area contributed by atoms with Gasteiger partial charge in [0.05, 0.1) is 30.7 Å². The van der Waals surface area contributed by atoms with Gasteiger partial charge in [0.2, 0.25) is 5.88 Å². The van der Waals surface area contributed by atoms with E-state index in [1.807, 2.05) is 31.2 Å². The van der Waals surface area contributed by atoms with E-state index in [0.717, 1.165) is 42.4 Å². The monoisotopic (exact) mass is 374 g/mol. The van der Waals surface area contributed by atoms with Crippen LogP contribution in [0.5, 0.6) is 5.88 Å². The van der Waals surface area contributed by atoms with Crippen molar-refractivity contribution < 1.29 is 24.1 Å². The molecule has 1 aliphatic heterocycles. The molecule has 0 amide bonds. The number of ether oxygens (including phenoxy) is 3. The lowest BCUT2D eigenvalue weighted by Crippen LogP contribution is -2.47. The van der Waals surface area contributed by atoms with E-state index in [0.29, 0.717) is 25.7 Å². The molecule has 27 heavy (non-hydrogen) atoms. The summed E-state index contributed by atoms with van der Waals surface area (Å²) in [5, 5.41) is 10.0. The van der Waals surface area contributed by atoms with E-state index in [9.17, 15) is 4.79 Å². The van der Waals surface area contributed by atoms with Crippen LogP contribution in [-0.2, 0) is 20.7 Å². The van der Waals surface area contributed by atoms with Crippen molar-refractivity contribution in [3.63, 3.8) is 0 Å². The van der Waals surface area contributed by atoms with Gasteiger partial charge in [0.1, 0.15) is 5.82 Å². The number of rotatable bonds is 8. The Morgan fingerprint density at radius 3 is 2.70 bits per heavy atom. The van der Waals surface area contributed by atoms with Crippen molar-refractivity contribution in [1.29, 1.82) is 0 Å². The summed E-state index contributed by atoms with van der Waals surface area (Å²) in [6.07, 6.45) is 3.50. The summed E-state index contributed by atoms with van der Waals surface area (Å²) in [6.45, 7) is 4.85. The minimum absolute atomic E-state index is 0.212. The maximum atomic E-state index is 11.1. The quantitative estimate of drug-likeness (QED) is 0.710. The summed E-state index contributed by atoms with van der Waals surface area (Å²) in [5.41, 5.74) is 0.900. The van der Waals surface area contributed by atoms with Crippen LogP contribution in [0.15, 0.2) is 24.3 Å². The van der Waals surface area contributed by atoms with E-state index in [1.54, 1.807) is 0 Å². The molecule has 7 heteroatoms. The van der Waals surface area contributed by atoms with Gasteiger partial charge in [0, 0.05) is 19.3 Å². The maximum Gasteiger partial charge on any atom is 0.364 e. The molecule has 0 radical (unpaired) electrons. The lowest BCUT2D eigenvalue weighted by Gasteiger charge is -2.34. The van der Waals surface area contributed by atoms with Crippen LogP contribution in [-0.4, -0.2) is 46.7 Å². The molecule has 0 spiro atoms. The van der Waals surface area contributed by atoms with Gasteiger partial charge in [0.25, 0.3) is 5.79 Å². The van der Waals surface area contributed by atoms with E-state index in [4.69, 9.17) is 19.3 Å². The Kier molecular flexibility index (Phi) is 6.23. The van der Waals surface area contributed by atoms with Gasteiger partial charge in [-0.25, -0.2) is 9.78 Å². The van der Waals surface area contributed by atoms with Crippen LogP contribution in [0.2, 0.25) is 0 Å². The first-order chi connectivity index (χ1) is 13.0. The number of hydrogen-bond acceptors (Lipinski definition) is 6. The van der Waals surface area contributed by atoms with Crippen molar-refractivity contribution in [3.05, 3.63) is 30.1 Å². The number of carboxylic acids is 1. The summed E-state index contributed by atoms with van der Waals surface area (Å²) in [5.74, 6) is -0.965. The third-order valence-corrected chi connectivity index (χ3v) is 4.75. The van der Waals surface area contributed by atoms with Gasteiger partial charge in [-0.05, 0) is 31.4 Å². The fourth-order valence-electron chi connectivity index (χ4n) is 3.00. The zero-order chi connectivity index (χ0) is 19.3. The highest BCUT2D eigenvalue weighted by Crippen LogP contribution is 2.25. The second kappa shape index (κ2) is 8.63. The zero-order valence-electron chi connectivity index (χ0n) is 15.8. The van der Waals surface area contributed by atoms with Gasteiger partial charge < -0.3 is 19.3 Å². The van der Waals surface area contributed by atoms with Gasteiger partial charge in [-0.1, -0.05) is 19.1 Å². The molecule has 1 N–H and O–H groups in total. The highest BCUT2D eigenvalue weighted by molar-refractivity contribution is 5.83. The SMILES string of the molecule is CCc1nc(OCCCCC2COC(C)(C(=O)O)OC2)c2ccccc2n1. The number of carbonyl (C=O) groups is 1. The lowest BCUT2D eigenvalue weighted by molar-refractivity contribution is -0.271. The third-order valence-electron chi connectivity index (χ3n) is 4.75. The van der Waals surface area contributed by atoms with Gasteiger partial charge in [-0.2, -0.15) is 4.98 Å². The molecule has 0 unspecified atom stereocenters. The van der Waals surface area contributed by atoms with Gasteiger partial charge in [-0.15, -0.1) is 0 Å². The highest BCUT2D eigenvalue weighted by atomic mass is 16.7. The number of para-hydroxylation sites is 1. The lowest BCUT2D eigenvalue weighted by atomic mass is 10.0. The van der Waals surface area contributed by atoms with Crippen LogP contribution in [0.25, 0.3) is 10.9 Å². The molecule has 2 aromatic rings. The molecular formula is C20H26N2O5. The van der Waals surface area contributed by atoms with Crippen molar-refractivity contribution in [1.82, 2.24) is 9.97 Å². The average Bonchev–Trinajstić information content (AvgIpc) is 2.68. The number of hydrogen-bond donors (Lipinski definition) is 1. The van der Waals surface area contributed by atoms with E-state index in [2.05, 4.69) is 9.97 Å². The highest BCUT2D eigenvalue weighted by Gasteiger charge is 2.40. The Morgan fingerprint density at radius 2 is 2.00 bits per heavy atom. The molecule has 146 valence electrons. The molecule has 1 aromatic carbocycles. The smallest absolute Gasteiger partial charge is 0.364 e. The fraction of sp³-hybridized carbons (Fsp3) is 0.550. The van der Waals surface area contributed by atoms with Crippen LogP contribution in [0.3, 0.4) is 0 Å². The van der Waals surface area contributed by atoms with E-state index < -0.39 is 11.8 Å². The Balaban J connectivity index is 1.45. The van der Waals surface area contributed by atoms with E-state index in [1.165, 1.54) is 6.92 Å². The number of fused-ring (bicyclic) bond motifs is 1. The average molecular weight is 374 g/mol. The Bertz CT molecular complexity index is 787. The summed E-state index contributed by atoms with van der Waals surface area (Å²) in [7, 11) is 0. The van der Waals surface area contributed by atoms with E-state index >= 15 is 0 Å². The van der Waals surface area contributed by atoms with Crippen molar-refractivity contribution in [3.8, 4) is 5.88 Å². The summed E-state index contributed by atoms with van der Waals surface area (Å²) >= 11 is 0. The van der Waals surface area contributed by atoms with Crippen molar-refractivity contribution >= 4 is 16.9 Å². The van der Waals surface area contributed by atoms with Crippen molar-refractivity contribution in [2.45, 2.75) is 45.3 Å². The molecule has 0 atom stereocenters. The van der Waals surface area contributed by atoms with Gasteiger partial charge in [0.15, 0.2) is 0 Å². The largest absolute Gasteiger partial charge is 0.477 e. The zero-order valence-corrected chi connectivity index (χ0v) is 15.8. The number of aromatic nitrogens is 2. The van der Waals surface area contributed by atoms with Crippen LogP contribution < -0.4 is 4.74 Å². The fourth-order valence-corrected chi connectivity index (χ4v) is 3.00. The molecule has 1 fully saturated rings. The van der Waals surface area contributed by atoms with Gasteiger partial charge in [-0.3, -0.25) is 0 Å². The molecule has 0 saturated carbocycles. The summed E-state index contributed by atoms with van der Waals surface area (Å²) in [6, 6.07) is 7.86. The second-order valence-corrected chi connectivity index (χ2v) is 6.90. The maximum absolute atomic E-state index is 11.1. The van der Waals surface area contributed by atoms with Crippen LogP contribution in [0.4, 0.5) is 0 Å². The number of nitrogens with zero attached hydrogens (tertiary/aromatic N) is 2. The molecular weight excluding hydrogens is 348 g/mol. The predicted molar refractivity (Wildman–Crippen MR) is 99.7 cm³/mol. The van der Waals surface area contributed by atoms with Crippen molar-refractivity contribution in [2.75, 3.05) is 19.8 Å². The predicted octanol–water partition coefficient (Wildman–Crippen LogP) is 3.21. The Morgan fingerprint density at radius 1 is 1.26 bits per heavy atom. The van der Waals surface area contributed by atoms with Gasteiger partial charge >= 0.3 is 5.97 Å². The normalized spacial score (nSPS) is 22.7. The minimum Gasteiger partial charge on any atom is -0.477 e. The van der Waals surface area contributed by atoms with Crippen LogP contribution in [0.1, 0.15) is 38.9 Å². The van der Waals surface area contributed by atoms with Crippen LogP contribution >= 0.6 is 0 Å². The molecule has 1 saturated heterocycles. The Labute approximate surface area is 158 Å².